The molecule has 12 nitrogen and oxygen atoms in total. The number of nitrogens with one attached hydrogen (secondary N) is 4. The highest BCUT2D eigenvalue weighted by Crippen LogP contribution is 2.22. The molecule has 0 aliphatic rings. The SMILES string of the molecule is CCS(=O)(=O)N[C@H](Cc1cn(C)c2ccccc12)C(=O)N[C@@H](CCC(N)=O)C(=O)NCc1ccc(C(=N)N)cc1. The fraction of sp³-hybridized carbons (Fsp3) is 0.333. The molecule has 0 saturated carbocycles. The summed E-state index contributed by atoms with van der Waals surface area (Å²) in [6.07, 6.45) is 1.64. The first-order chi connectivity index (χ1) is 18.9. The Bertz CT molecular complexity index is 1500. The molecule has 3 amide bonds. The van der Waals surface area contributed by atoms with Gasteiger partial charge < -0.3 is 26.7 Å². The van der Waals surface area contributed by atoms with Gasteiger partial charge in [-0.15, -0.1) is 0 Å². The van der Waals surface area contributed by atoms with Crippen LogP contribution in [-0.4, -0.2) is 54.4 Å². The van der Waals surface area contributed by atoms with Crippen molar-refractivity contribution < 1.29 is 22.8 Å². The summed E-state index contributed by atoms with van der Waals surface area (Å²) in [5.74, 6) is -2.24. The minimum absolute atomic E-state index is 0.0407. The number of rotatable bonds is 14. The summed E-state index contributed by atoms with van der Waals surface area (Å²) >= 11 is 0. The van der Waals surface area contributed by atoms with Gasteiger partial charge in [0.15, 0.2) is 0 Å². The minimum Gasteiger partial charge on any atom is -0.384 e. The first kappa shape index (κ1) is 30.3. The smallest absolute Gasteiger partial charge is 0.242 e. The number of nitrogens with two attached hydrogens (primary N) is 2. The van der Waals surface area contributed by atoms with Crippen LogP contribution in [0.4, 0.5) is 0 Å². The lowest BCUT2D eigenvalue weighted by atomic mass is 10.0. The fourth-order valence-electron chi connectivity index (χ4n) is 4.24. The van der Waals surface area contributed by atoms with E-state index in [-0.39, 0.29) is 37.4 Å². The molecule has 40 heavy (non-hydrogen) atoms. The van der Waals surface area contributed by atoms with Crippen molar-refractivity contribution in [2.75, 3.05) is 5.75 Å². The third-order valence-electron chi connectivity index (χ3n) is 6.47. The number of hydrogen-bond donors (Lipinski definition) is 6. The van der Waals surface area contributed by atoms with Crippen LogP contribution in [0.25, 0.3) is 10.9 Å². The Morgan fingerprint density at radius 3 is 2.30 bits per heavy atom. The number of para-hydroxylation sites is 1. The van der Waals surface area contributed by atoms with Crippen LogP contribution >= 0.6 is 0 Å². The van der Waals surface area contributed by atoms with Gasteiger partial charge in [0.25, 0.3) is 0 Å². The zero-order chi connectivity index (χ0) is 29.4. The number of amides is 3. The van der Waals surface area contributed by atoms with Gasteiger partial charge in [0.05, 0.1) is 5.75 Å². The molecule has 3 aromatic rings. The number of sulfonamides is 1. The molecule has 0 saturated heterocycles. The van der Waals surface area contributed by atoms with Crippen molar-refractivity contribution in [1.82, 2.24) is 19.9 Å². The number of hydrogen-bond acceptors (Lipinski definition) is 6. The normalized spacial score (nSPS) is 12.9. The van der Waals surface area contributed by atoms with Crippen molar-refractivity contribution in [3.05, 3.63) is 71.4 Å². The first-order valence-corrected chi connectivity index (χ1v) is 14.4. The van der Waals surface area contributed by atoms with E-state index in [1.54, 1.807) is 24.3 Å². The number of amidine groups is 1. The standard InChI is InChI=1S/C27H35N7O5S/c1-3-40(38,39)33-22(14-19-16-34(2)23-7-5-4-6-20(19)23)27(37)32-21(12-13-24(28)35)26(36)31-15-17-8-10-18(11-9-17)25(29)30/h4-11,16,21-22,33H,3,12-15H2,1-2H3,(H2,28,35)(H3,29,30)(H,31,36)(H,32,37)/t21-,22+/m0/s1. The van der Waals surface area contributed by atoms with Gasteiger partial charge in [-0.2, -0.15) is 0 Å². The molecule has 1 aromatic heterocycles. The lowest BCUT2D eigenvalue weighted by Crippen LogP contribution is -2.54. The topological polar surface area (TPSA) is 202 Å². The molecule has 13 heteroatoms. The summed E-state index contributed by atoms with van der Waals surface area (Å²) in [6.45, 7) is 1.57. The summed E-state index contributed by atoms with van der Waals surface area (Å²) in [6, 6.07) is 11.9. The second-order valence-electron chi connectivity index (χ2n) is 9.45. The van der Waals surface area contributed by atoms with Gasteiger partial charge >= 0.3 is 0 Å². The number of carbonyl (C=O) groups is 3. The number of fused-ring (bicyclic) bond motifs is 1. The molecule has 0 spiro atoms. The summed E-state index contributed by atoms with van der Waals surface area (Å²) in [5.41, 5.74) is 13.7. The molecule has 0 unspecified atom stereocenters. The summed E-state index contributed by atoms with van der Waals surface area (Å²) < 4.78 is 29.3. The largest absolute Gasteiger partial charge is 0.384 e. The van der Waals surface area contributed by atoms with Crippen molar-refractivity contribution in [1.29, 1.82) is 5.41 Å². The van der Waals surface area contributed by atoms with Crippen LogP contribution in [0.1, 0.15) is 36.5 Å². The monoisotopic (exact) mass is 569 g/mol. The quantitative estimate of drug-likeness (QED) is 0.120. The number of aromatic nitrogens is 1. The molecule has 0 aliphatic carbocycles. The van der Waals surface area contributed by atoms with Crippen molar-refractivity contribution in [2.24, 2.45) is 18.5 Å². The van der Waals surface area contributed by atoms with Crippen molar-refractivity contribution in [3.63, 3.8) is 0 Å². The molecule has 0 radical (unpaired) electrons. The molecule has 8 N–H and O–H groups in total. The van der Waals surface area contributed by atoms with Crippen LogP contribution in [0.2, 0.25) is 0 Å². The van der Waals surface area contributed by atoms with Gasteiger partial charge in [0.1, 0.15) is 17.9 Å². The van der Waals surface area contributed by atoms with E-state index in [2.05, 4.69) is 15.4 Å². The molecule has 0 aliphatic heterocycles. The third kappa shape index (κ3) is 8.13. The number of aryl methyl sites for hydroxylation is 1. The van der Waals surface area contributed by atoms with E-state index in [1.807, 2.05) is 42.1 Å². The maximum atomic E-state index is 13.4. The zero-order valence-electron chi connectivity index (χ0n) is 22.4. The van der Waals surface area contributed by atoms with E-state index in [4.69, 9.17) is 16.9 Å². The Hall–Kier alpha value is -4.23. The number of carbonyl (C=O) groups excluding carboxylic acids is 3. The predicted molar refractivity (Wildman–Crippen MR) is 153 cm³/mol. The van der Waals surface area contributed by atoms with Gasteiger partial charge in [-0.1, -0.05) is 42.5 Å². The van der Waals surface area contributed by atoms with Crippen LogP contribution < -0.4 is 26.8 Å². The van der Waals surface area contributed by atoms with Crippen LogP contribution in [0.5, 0.6) is 0 Å². The Kier molecular flexibility index (Phi) is 10.0. The molecule has 2 aromatic carbocycles. The van der Waals surface area contributed by atoms with Crippen LogP contribution in [0, 0.1) is 5.41 Å². The van der Waals surface area contributed by atoms with Gasteiger partial charge in [-0.3, -0.25) is 19.8 Å². The number of primary amides is 1. The van der Waals surface area contributed by atoms with E-state index in [1.165, 1.54) is 6.92 Å². The number of nitrogen functional groups attached to an aromatic ring is 1. The van der Waals surface area contributed by atoms with E-state index in [0.29, 0.717) is 5.56 Å². The highest BCUT2D eigenvalue weighted by atomic mass is 32.2. The number of benzene rings is 2. The second-order valence-corrected chi connectivity index (χ2v) is 11.5. The van der Waals surface area contributed by atoms with E-state index in [0.717, 1.165) is 22.0 Å². The maximum absolute atomic E-state index is 13.4. The highest BCUT2D eigenvalue weighted by Gasteiger charge is 2.29. The summed E-state index contributed by atoms with van der Waals surface area (Å²) in [4.78, 5) is 38.0. The molecule has 0 bridgehead atoms. The van der Waals surface area contributed by atoms with Gasteiger partial charge in [0.2, 0.25) is 27.7 Å². The third-order valence-corrected chi connectivity index (χ3v) is 7.87. The lowest BCUT2D eigenvalue weighted by Gasteiger charge is -2.23. The molecule has 2 atom stereocenters. The van der Waals surface area contributed by atoms with Crippen LogP contribution in [0.3, 0.4) is 0 Å². The maximum Gasteiger partial charge on any atom is 0.242 e. The minimum atomic E-state index is -3.78. The predicted octanol–water partition coefficient (Wildman–Crippen LogP) is 0.379. The van der Waals surface area contributed by atoms with E-state index in [9.17, 15) is 22.8 Å². The lowest BCUT2D eigenvalue weighted by molar-refractivity contribution is -0.130. The van der Waals surface area contributed by atoms with E-state index < -0.39 is 39.8 Å². The van der Waals surface area contributed by atoms with Crippen molar-refractivity contribution >= 4 is 44.5 Å². The molecule has 214 valence electrons. The Labute approximate surface area is 233 Å². The molecule has 3 rings (SSSR count). The van der Waals surface area contributed by atoms with Crippen molar-refractivity contribution in [2.45, 2.75) is 44.8 Å². The van der Waals surface area contributed by atoms with Gasteiger partial charge in [0, 0.05) is 42.7 Å². The average Bonchev–Trinajstić information content (AvgIpc) is 3.24. The summed E-state index contributed by atoms with van der Waals surface area (Å²) in [7, 11) is -1.93. The van der Waals surface area contributed by atoms with Gasteiger partial charge in [-0.25, -0.2) is 13.1 Å². The zero-order valence-corrected chi connectivity index (χ0v) is 23.3. The fourth-order valence-corrected chi connectivity index (χ4v) is 5.03. The summed E-state index contributed by atoms with van der Waals surface area (Å²) in [5, 5.41) is 13.7. The van der Waals surface area contributed by atoms with Crippen LogP contribution in [-0.2, 0) is 44.4 Å². The molecule has 1 heterocycles. The Morgan fingerprint density at radius 1 is 1.00 bits per heavy atom. The van der Waals surface area contributed by atoms with Crippen LogP contribution in [0.15, 0.2) is 54.7 Å². The Morgan fingerprint density at radius 2 is 1.68 bits per heavy atom. The second kappa shape index (κ2) is 13.2. The highest BCUT2D eigenvalue weighted by molar-refractivity contribution is 7.89. The Balaban J connectivity index is 1.80. The molecular weight excluding hydrogens is 534 g/mol. The van der Waals surface area contributed by atoms with E-state index >= 15 is 0 Å². The average molecular weight is 570 g/mol. The molecular formula is C27H35N7O5S. The molecule has 0 fully saturated rings. The van der Waals surface area contributed by atoms with Crippen molar-refractivity contribution in [3.8, 4) is 0 Å². The number of nitrogens with zero attached hydrogens (tertiary/aromatic N) is 1. The van der Waals surface area contributed by atoms with Gasteiger partial charge in [-0.05, 0) is 37.0 Å². The first-order valence-electron chi connectivity index (χ1n) is 12.7.